The van der Waals surface area contributed by atoms with Crippen LogP contribution in [0.1, 0.15) is 18.5 Å². The van der Waals surface area contributed by atoms with Crippen LogP contribution >= 0.6 is 0 Å². The standard InChI is InChI=1S/C24H18FN3O2/c1-14(15-10-11-22-18(12-15)16-6-3-5-9-21(16)30-22)27-23-24(29)28-20(13-26-23)17-7-2-4-8-19(17)25/h2-14H,1H3,(H,26,27)(H,28,29). The molecule has 2 heterocycles. The molecule has 0 saturated heterocycles. The van der Waals surface area contributed by atoms with Gasteiger partial charge in [0, 0.05) is 16.3 Å². The average Bonchev–Trinajstić information content (AvgIpc) is 3.13. The van der Waals surface area contributed by atoms with Gasteiger partial charge in [0.25, 0.3) is 5.56 Å². The fourth-order valence-corrected chi connectivity index (χ4v) is 3.62. The first-order chi connectivity index (χ1) is 14.6. The summed E-state index contributed by atoms with van der Waals surface area (Å²) in [6.45, 7) is 1.95. The van der Waals surface area contributed by atoms with Gasteiger partial charge in [0.1, 0.15) is 17.0 Å². The predicted octanol–water partition coefficient (Wildman–Crippen LogP) is 5.65. The van der Waals surface area contributed by atoms with Crippen LogP contribution in [-0.2, 0) is 0 Å². The number of furan rings is 1. The highest BCUT2D eigenvalue weighted by Crippen LogP contribution is 2.31. The third-order valence-electron chi connectivity index (χ3n) is 5.20. The Labute approximate surface area is 171 Å². The summed E-state index contributed by atoms with van der Waals surface area (Å²) in [6, 6.07) is 19.9. The van der Waals surface area contributed by atoms with E-state index in [9.17, 15) is 9.18 Å². The number of fused-ring (bicyclic) bond motifs is 3. The maximum absolute atomic E-state index is 14.0. The lowest BCUT2D eigenvalue weighted by molar-refractivity contribution is 0.630. The molecule has 0 aliphatic rings. The van der Waals surface area contributed by atoms with Crippen molar-refractivity contribution < 1.29 is 8.81 Å². The fourth-order valence-electron chi connectivity index (χ4n) is 3.62. The number of nitrogens with one attached hydrogen (secondary N) is 2. The van der Waals surface area contributed by atoms with Gasteiger partial charge in [-0.1, -0.05) is 36.4 Å². The van der Waals surface area contributed by atoms with Crippen LogP contribution in [0.25, 0.3) is 33.2 Å². The maximum Gasteiger partial charge on any atom is 0.291 e. The fraction of sp³-hybridized carbons (Fsp3) is 0.0833. The zero-order chi connectivity index (χ0) is 20.7. The lowest BCUT2D eigenvalue weighted by Crippen LogP contribution is -2.19. The SMILES string of the molecule is CC(Nc1ncc(-c2ccccc2F)[nH]c1=O)c1ccc2oc3ccccc3c2c1. The van der Waals surface area contributed by atoms with Crippen molar-refractivity contribution in [1.82, 2.24) is 9.97 Å². The van der Waals surface area contributed by atoms with Crippen molar-refractivity contribution in [1.29, 1.82) is 0 Å². The van der Waals surface area contributed by atoms with E-state index in [1.165, 1.54) is 12.3 Å². The number of hydrogen-bond donors (Lipinski definition) is 2. The van der Waals surface area contributed by atoms with Gasteiger partial charge in [-0.15, -0.1) is 0 Å². The molecule has 0 aliphatic heterocycles. The Morgan fingerprint density at radius 2 is 1.77 bits per heavy atom. The first-order valence-corrected chi connectivity index (χ1v) is 9.62. The first kappa shape index (κ1) is 18.1. The second-order valence-electron chi connectivity index (χ2n) is 7.17. The van der Waals surface area contributed by atoms with Crippen LogP contribution in [-0.4, -0.2) is 9.97 Å². The van der Waals surface area contributed by atoms with Crippen molar-refractivity contribution in [2.75, 3.05) is 5.32 Å². The number of aromatic nitrogens is 2. The molecule has 5 aromatic rings. The zero-order valence-electron chi connectivity index (χ0n) is 16.1. The summed E-state index contributed by atoms with van der Waals surface area (Å²) in [7, 11) is 0. The van der Waals surface area contributed by atoms with Crippen LogP contribution in [0.3, 0.4) is 0 Å². The largest absolute Gasteiger partial charge is 0.456 e. The molecule has 0 bridgehead atoms. The lowest BCUT2D eigenvalue weighted by Gasteiger charge is -2.15. The van der Waals surface area contributed by atoms with Crippen LogP contribution in [0.2, 0.25) is 0 Å². The molecule has 2 aromatic heterocycles. The summed E-state index contributed by atoms with van der Waals surface area (Å²) < 4.78 is 19.8. The van der Waals surface area contributed by atoms with Crippen LogP contribution in [0.4, 0.5) is 10.2 Å². The van der Waals surface area contributed by atoms with Crippen molar-refractivity contribution in [3.63, 3.8) is 0 Å². The maximum atomic E-state index is 14.0. The normalized spacial score (nSPS) is 12.3. The number of para-hydroxylation sites is 1. The van der Waals surface area contributed by atoms with Gasteiger partial charge < -0.3 is 14.7 Å². The number of nitrogens with zero attached hydrogens (tertiary/aromatic N) is 1. The summed E-state index contributed by atoms with van der Waals surface area (Å²) >= 11 is 0. The second kappa shape index (κ2) is 7.15. The van der Waals surface area contributed by atoms with Gasteiger partial charge >= 0.3 is 0 Å². The summed E-state index contributed by atoms with van der Waals surface area (Å²) in [5.41, 5.74) is 2.89. The molecule has 0 spiro atoms. The molecule has 5 rings (SSSR count). The minimum absolute atomic E-state index is 0.170. The highest BCUT2D eigenvalue weighted by Gasteiger charge is 2.14. The minimum atomic E-state index is -0.412. The van der Waals surface area contributed by atoms with Crippen molar-refractivity contribution in [3.05, 3.63) is 94.7 Å². The Morgan fingerprint density at radius 1 is 1.00 bits per heavy atom. The van der Waals surface area contributed by atoms with E-state index in [1.807, 2.05) is 43.3 Å². The smallest absolute Gasteiger partial charge is 0.291 e. The number of anilines is 1. The van der Waals surface area contributed by atoms with E-state index in [0.717, 1.165) is 27.5 Å². The van der Waals surface area contributed by atoms with Crippen LogP contribution < -0.4 is 10.9 Å². The quantitative estimate of drug-likeness (QED) is 0.410. The molecule has 0 fully saturated rings. The predicted molar refractivity (Wildman–Crippen MR) is 116 cm³/mol. The van der Waals surface area contributed by atoms with E-state index in [-0.39, 0.29) is 11.9 Å². The van der Waals surface area contributed by atoms with Gasteiger partial charge in [-0.2, -0.15) is 0 Å². The molecule has 0 amide bonds. The topological polar surface area (TPSA) is 70.9 Å². The molecule has 5 nitrogen and oxygen atoms in total. The minimum Gasteiger partial charge on any atom is -0.456 e. The lowest BCUT2D eigenvalue weighted by atomic mass is 10.0. The molecule has 148 valence electrons. The number of halogens is 1. The van der Waals surface area contributed by atoms with Gasteiger partial charge in [-0.3, -0.25) is 4.79 Å². The van der Waals surface area contributed by atoms with Crippen molar-refractivity contribution >= 4 is 27.8 Å². The molecule has 1 unspecified atom stereocenters. The van der Waals surface area contributed by atoms with Crippen molar-refractivity contribution in [2.45, 2.75) is 13.0 Å². The third kappa shape index (κ3) is 3.12. The molecular formula is C24H18FN3O2. The number of rotatable bonds is 4. The molecule has 1 atom stereocenters. The molecule has 0 radical (unpaired) electrons. The average molecular weight is 399 g/mol. The molecule has 30 heavy (non-hydrogen) atoms. The van der Waals surface area contributed by atoms with Gasteiger partial charge in [0.2, 0.25) is 0 Å². The Morgan fingerprint density at radius 3 is 2.60 bits per heavy atom. The zero-order valence-corrected chi connectivity index (χ0v) is 16.1. The Hall–Kier alpha value is -3.93. The molecule has 3 aromatic carbocycles. The second-order valence-corrected chi connectivity index (χ2v) is 7.17. The molecule has 0 saturated carbocycles. The van der Waals surface area contributed by atoms with E-state index in [2.05, 4.69) is 21.4 Å². The Bertz CT molecular complexity index is 1440. The summed E-state index contributed by atoms with van der Waals surface area (Å²) in [4.78, 5) is 19.4. The third-order valence-corrected chi connectivity index (χ3v) is 5.20. The highest BCUT2D eigenvalue weighted by atomic mass is 19.1. The Kier molecular flexibility index (Phi) is 4.32. The highest BCUT2D eigenvalue weighted by molar-refractivity contribution is 6.05. The van der Waals surface area contributed by atoms with E-state index < -0.39 is 11.4 Å². The molecule has 2 N–H and O–H groups in total. The van der Waals surface area contributed by atoms with Gasteiger partial charge in [0.05, 0.1) is 17.9 Å². The Balaban J connectivity index is 1.45. The molecule has 0 aliphatic carbocycles. The summed E-state index contributed by atoms with van der Waals surface area (Å²) in [5, 5.41) is 5.22. The number of H-pyrrole nitrogens is 1. The van der Waals surface area contributed by atoms with E-state index in [4.69, 9.17) is 4.42 Å². The van der Waals surface area contributed by atoms with Gasteiger partial charge in [-0.25, -0.2) is 9.37 Å². The molecular weight excluding hydrogens is 381 g/mol. The molecule has 6 heteroatoms. The van der Waals surface area contributed by atoms with Gasteiger partial charge in [-0.05, 0) is 42.8 Å². The van der Waals surface area contributed by atoms with Crippen LogP contribution in [0.5, 0.6) is 0 Å². The van der Waals surface area contributed by atoms with Crippen LogP contribution in [0, 0.1) is 5.82 Å². The van der Waals surface area contributed by atoms with E-state index in [1.54, 1.807) is 18.2 Å². The number of hydrogen-bond acceptors (Lipinski definition) is 4. The van der Waals surface area contributed by atoms with Crippen molar-refractivity contribution in [3.8, 4) is 11.3 Å². The number of benzene rings is 3. The van der Waals surface area contributed by atoms with Gasteiger partial charge in [0.15, 0.2) is 5.82 Å². The van der Waals surface area contributed by atoms with Crippen molar-refractivity contribution in [2.24, 2.45) is 0 Å². The number of aromatic amines is 1. The van der Waals surface area contributed by atoms with E-state index in [0.29, 0.717) is 11.3 Å². The summed E-state index contributed by atoms with van der Waals surface area (Å²) in [5.74, 6) is -0.232. The van der Waals surface area contributed by atoms with E-state index >= 15 is 0 Å². The van der Waals surface area contributed by atoms with Crippen LogP contribution in [0.15, 0.2) is 82.1 Å². The summed E-state index contributed by atoms with van der Waals surface area (Å²) in [6.07, 6.45) is 1.46. The first-order valence-electron chi connectivity index (χ1n) is 9.62. The monoisotopic (exact) mass is 399 g/mol.